The Morgan fingerprint density at radius 2 is 1.81 bits per heavy atom. The highest BCUT2D eigenvalue weighted by Gasteiger charge is 2.32. The smallest absolute Gasteiger partial charge is 0.263 e. The van der Waals surface area contributed by atoms with E-state index in [-0.39, 0.29) is 22.2 Å². The monoisotopic (exact) mass is 629 g/mol. The Morgan fingerprint density at radius 1 is 0.977 bits per heavy atom. The number of pyridine rings is 2. The second-order valence-corrected chi connectivity index (χ2v) is 10.3. The maximum Gasteiger partial charge on any atom is 0.433 e. The summed E-state index contributed by atoms with van der Waals surface area (Å²) in [5, 5.41) is 19.0. The number of halogens is 6. The van der Waals surface area contributed by atoms with Crippen LogP contribution in [0.15, 0.2) is 73.6 Å². The van der Waals surface area contributed by atoms with Crippen LogP contribution in [-0.2, 0) is 19.6 Å². The third-order valence-electron chi connectivity index (χ3n) is 6.72. The highest BCUT2D eigenvalue weighted by molar-refractivity contribution is 6.31. The van der Waals surface area contributed by atoms with E-state index in [1.165, 1.54) is 35.4 Å². The molecule has 0 spiro atoms. The fraction of sp³-hybridized carbons (Fsp3) is 0.148. The Labute approximate surface area is 250 Å². The van der Waals surface area contributed by atoms with E-state index in [1.807, 2.05) is 0 Å². The lowest BCUT2D eigenvalue weighted by atomic mass is 10.0. The summed E-state index contributed by atoms with van der Waals surface area (Å²) in [5.41, 5.74) is 2.45. The van der Waals surface area contributed by atoms with E-state index in [4.69, 9.17) is 23.2 Å². The molecule has 16 heteroatoms. The Bertz CT molecular complexity index is 1900. The van der Waals surface area contributed by atoms with Crippen molar-refractivity contribution in [1.82, 2.24) is 45.1 Å². The van der Waals surface area contributed by atoms with Crippen LogP contribution in [0.5, 0.6) is 0 Å². The number of hydrogen-bond acceptors (Lipinski definition) is 6. The molecule has 0 saturated heterocycles. The van der Waals surface area contributed by atoms with E-state index < -0.39 is 23.7 Å². The van der Waals surface area contributed by atoms with Crippen LogP contribution in [0.3, 0.4) is 0 Å². The van der Waals surface area contributed by atoms with Crippen LogP contribution < -0.4 is 4.68 Å². The first-order valence-corrected chi connectivity index (χ1v) is 13.3. The average Bonchev–Trinajstić information content (AvgIpc) is 3.74. The highest BCUT2D eigenvalue weighted by atomic mass is 35.5. The van der Waals surface area contributed by atoms with Crippen LogP contribution >= 0.6 is 23.2 Å². The van der Waals surface area contributed by atoms with Gasteiger partial charge in [0.15, 0.2) is 17.7 Å². The van der Waals surface area contributed by atoms with Gasteiger partial charge in [-0.2, -0.15) is 18.3 Å². The number of aryl methyl sites for hydroxylation is 1. The fourth-order valence-corrected chi connectivity index (χ4v) is 4.91. The van der Waals surface area contributed by atoms with Crippen molar-refractivity contribution in [3.63, 3.8) is 0 Å². The summed E-state index contributed by atoms with van der Waals surface area (Å²) < 4.78 is 59.4. The molecular weight excluding hydrogens is 611 g/mol. The number of H-pyrrole nitrogens is 1. The van der Waals surface area contributed by atoms with Gasteiger partial charge in [-0.15, -0.1) is 9.78 Å². The van der Waals surface area contributed by atoms with E-state index in [2.05, 4.69) is 35.7 Å². The second-order valence-electron chi connectivity index (χ2n) is 9.48. The molecule has 0 aliphatic rings. The van der Waals surface area contributed by atoms with Crippen LogP contribution in [0.4, 0.5) is 17.6 Å². The average molecular weight is 630 g/mol. The zero-order valence-electron chi connectivity index (χ0n) is 22.0. The molecule has 43 heavy (non-hydrogen) atoms. The van der Waals surface area contributed by atoms with Gasteiger partial charge in [-0.1, -0.05) is 34.2 Å². The number of alkyl halides is 3. The van der Waals surface area contributed by atoms with Crippen molar-refractivity contribution in [3.05, 3.63) is 107 Å². The number of benzene rings is 1. The standard InChI is InChI=1S/C27H18Cl2F4N10/c1-41-22(12-36-39-41)17-11-37-42(13-17)21(8-15-2-7-23(35-9-15)27(31,32)33)19-5-3-16(10-34-19)25-20(6-4-18(28)26(25)30)43-14-24(29)38-40-43/h2-7,9-14,21H,8H2,1H3/p+1/t21-/m1/s1. The van der Waals surface area contributed by atoms with Gasteiger partial charge in [-0.25, -0.2) is 9.07 Å². The van der Waals surface area contributed by atoms with Gasteiger partial charge in [0.05, 0.1) is 45.5 Å². The predicted molar refractivity (Wildman–Crippen MR) is 147 cm³/mol. The van der Waals surface area contributed by atoms with E-state index >= 15 is 4.39 Å². The molecule has 6 aromatic rings. The molecular formula is C27H19Cl2F4N10+. The van der Waals surface area contributed by atoms with Crippen molar-refractivity contribution < 1.29 is 22.2 Å². The number of rotatable bonds is 7. The lowest BCUT2D eigenvalue weighted by Crippen LogP contribution is -2.33. The minimum Gasteiger partial charge on any atom is -0.263 e. The molecule has 0 aliphatic carbocycles. The van der Waals surface area contributed by atoms with Gasteiger partial charge in [-0.05, 0) is 41.4 Å². The quantitative estimate of drug-likeness (QED) is 0.186. The largest absolute Gasteiger partial charge is 0.433 e. The number of nitrogens with one attached hydrogen (secondary N) is 1. The van der Waals surface area contributed by atoms with Gasteiger partial charge in [0.1, 0.15) is 5.69 Å². The summed E-state index contributed by atoms with van der Waals surface area (Å²) >= 11 is 12.1. The molecule has 0 aliphatic heterocycles. The first-order valence-electron chi connectivity index (χ1n) is 12.6. The fourth-order valence-electron chi connectivity index (χ4n) is 4.62. The molecule has 10 nitrogen and oxygen atoms in total. The predicted octanol–water partition coefficient (Wildman–Crippen LogP) is 5.43. The molecule has 0 saturated carbocycles. The molecule has 5 aromatic heterocycles. The van der Waals surface area contributed by atoms with E-state index in [0.29, 0.717) is 28.2 Å². The SMILES string of the molecule is Cn1nncc1-c1cnn([C@H](Cc2ccc(C(F)(F)F)nc2)c2ccc(-c3c(-[n+]4cc(Cl)n[nH]4)ccc(Cl)c3F)cn2)c1. The summed E-state index contributed by atoms with van der Waals surface area (Å²) in [6.45, 7) is 0. The van der Waals surface area contributed by atoms with Gasteiger partial charge in [0, 0.05) is 43.2 Å². The van der Waals surface area contributed by atoms with Gasteiger partial charge in [0.2, 0.25) is 0 Å². The van der Waals surface area contributed by atoms with Crippen molar-refractivity contribution in [2.24, 2.45) is 7.05 Å². The molecule has 0 radical (unpaired) electrons. The molecule has 0 fully saturated rings. The first-order chi connectivity index (χ1) is 20.6. The maximum atomic E-state index is 15.4. The van der Waals surface area contributed by atoms with Crippen molar-refractivity contribution in [1.29, 1.82) is 0 Å². The number of aromatic nitrogens is 10. The van der Waals surface area contributed by atoms with Gasteiger partial charge >= 0.3 is 11.3 Å². The summed E-state index contributed by atoms with van der Waals surface area (Å²) in [6.07, 6.45) is 4.79. The van der Waals surface area contributed by atoms with Crippen LogP contribution in [0.2, 0.25) is 10.2 Å². The minimum atomic E-state index is -4.56. The second kappa shape index (κ2) is 11.2. The van der Waals surface area contributed by atoms with Crippen molar-refractivity contribution in [2.75, 3.05) is 0 Å². The van der Waals surface area contributed by atoms with Crippen molar-refractivity contribution >= 4 is 23.2 Å². The molecule has 1 atom stereocenters. The Kier molecular flexibility index (Phi) is 7.40. The first kappa shape index (κ1) is 28.4. The number of nitrogens with zero attached hydrogens (tertiary/aromatic N) is 9. The molecule has 0 bridgehead atoms. The molecule has 1 N–H and O–H groups in total. The van der Waals surface area contributed by atoms with Gasteiger partial charge in [0.25, 0.3) is 0 Å². The van der Waals surface area contributed by atoms with E-state index in [0.717, 1.165) is 11.6 Å². The van der Waals surface area contributed by atoms with Crippen LogP contribution in [0, 0.1) is 5.82 Å². The van der Waals surface area contributed by atoms with E-state index in [9.17, 15) is 13.2 Å². The number of aromatic amines is 1. The summed E-state index contributed by atoms with van der Waals surface area (Å²) in [6, 6.07) is 8.13. The van der Waals surface area contributed by atoms with Gasteiger partial charge in [-0.3, -0.25) is 14.6 Å². The zero-order valence-corrected chi connectivity index (χ0v) is 23.5. The summed E-state index contributed by atoms with van der Waals surface area (Å²) in [5.74, 6) is -0.666. The summed E-state index contributed by atoms with van der Waals surface area (Å²) in [4.78, 5) is 8.21. The molecule has 5 heterocycles. The zero-order chi connectivity index (χ0) is 30.3. The summed E-state index contributed by atoms with van der Waals surface area (Å²) in [7, 11) is 1.74. The Hall–Kier alpha value is -4.69. The molecule has 218 valence electrons. The third kappa shape index (κ3) is 5.70. The van der Waals surface area contributed by atoms with Gasteiger partial charge < -0.3 is 0 Å². The number of hydrogen-bond donors (Lipinski definition) is 1. The van der Waals surface area contributed by atoms with Crippen molar-refractivity contribution in [3.8, 4) is 28.1 Å². The molecule has 0 unspecified atom stereocenters. The highest BCUT2D eigenvalue weighted by Crippen LogP contribution is 2.33. The molecule has 1 aromatic carbocycles. The van der Waals surface area contributed by atoms with Crippen LogP contribution in [0.1, 0.15) is 23.0 Å². The normalized spacial score (nSPS) is 12.5. The molecule has 6 rings (SSSR count). The van der Waals surface area contributed by atoms with Crippen LogP contribution in [0.25, 0.3) is 28.1 Å². The lowest BCUT2D eigenvalue weighted by molar-refractivity contribution is -0.659. The Morgan fingerprint density at radius 3 is 2.44 bits per heavy atom. The topological polar surface area (TPSA) is 107 Å². The van der Waals surface area contributed by atoms with E-state index in [1.54, 1.807) is 53.2 Å². The molecule has 0 amide bonds. The van der Waals surface area contributed by atoms with Crippen molar-refractivity contribution in [2.45, 2.75) is 18.6 Å². The lowest BCUT2D eigenvalue weighted by Gasteiger charge is -2.18. The van der Waals surface area contributed by atoms with Crippen LogP contribution in [-0.4, -0.2) is 45.1 Å². The minimum absolute atomic E-state index is 0.0876. The third-order valence-corrected chi connectivity index (χ3v) is 7.20. The maximum absolute atomic E-state index is 15.4. The Balaban J connectivity index is 1.39.